The summed E-state index contributed by atoms with van der Waals surface area (Å²) in [6.07, 6.45) is 1.32. The third-order valence-corrected chi connectivity index (χ3v) is 3.69. The molecule has 0 aliphatic carbocycles. The summed E-state index contributed by atoms with van der Waals surface area (Å²) in [4.78, 5) is 22.8. The van der Waals surface area contributed by atoms with Gasteiger partial charge in [-0.05, 0) is 11.6 Å². The van der Waals surface area contributed by atoms with Crippen molar-refractivity contribution in [3.63, 3.8) is 0 Å². The van der Waals surface area contributed by atoms with E-state index in [1.165, 1.54) is 16.8 Å². The van der Waals surface area contributed by atoms with Crippen LogP contribution in [0.5, 0.6) is 0 Å². The Labute approximate surface area is 138 Å². The van der Waals surface area contributed by atoms with E-state index < -0.39 is 10.8 Å². The van der Waals surface area contributed by atoms with Crippen LogP contribution in [0.3, 0.4) is 0 Å². The highest BCUT2D eigenvalue weighted by Crippen LogP contribution is 2.28. The Morgan fingerprint density at radius 3 is 2.42 bits per heavy atom. The molecule has 0 unspecified atom stereocenters. The van der Waals surface area contributed by atoms with E-state index in [1.807, 2.05) is 48.5 Å². The van der Waals surface area contributed by atoms with Gasteiger partial charge in [0, 0.05) is 24.4 Å². The Balaban J connectivity index is 1.92. The number of carbonyl (C=O) groups excluding carboxylic acids is 1. The highest BCUT2D eigenvalue weighted by atomic mass is 16.6. The smallest absolute Gasteiger partial charge is 0.287 e. The van der Waals surface area contributed by atoms with Crippen LogP contribution in [0.4, 0.5) is 11.4 Å². The molecule has 1 N–H and O–H groups in total. The fourth-order valence-electron chi connectivity index (χ4n) is 2.52. The maximum atomic E-state index is 12.5. The van der Waals surface area contributed by atoms with Gasteiger partial charge in [-0.2, -0.15) is 0 Å². The zero-order valence-corrected chi connectivity index (χ0v) is 13.0. The van der Waals surface area contributed by atoms with Gasteiger partial charge < -0.3 is 9.88 Å². The molecule has 1 aromatic heterocycles. The lowest BCUT2D eigenvalue weighted by molar-refractivity contribution is -0.384. The zero-order chi connectivity index (χ0) is 17.1. The minimum Gasteiger partial charge on any atom is -0.340 e. The quantitative estimate of drug-likeness (QED) is 0.585. The van der Waals surface area contributed by atoms with Crippen molar-refractivity contribution in [2.24, 2.45) is 7.05 Å². The number of amides is 1. The van der Waals surface area contributed by atoms with Crippen molar-refractivity contribution >= 4 is 17.3 Å². The van der Waals surface area contributed by atoms with Crippen LogP contribution in [0.1, 0.15) is 10.5 Å². The predicted octanol–water partition coefficient (Wildman–Crippen LogP) is 3.85. The van der Waals surface area contributed by atoms with Crippen molar-refractivity contribution in [2.45, 2.75) is 0 Å². The minimum atomic E-state index is -0.519. The molecule has 6 nitrogen and oxygen atoms in total. The average molecular weight is 321 g/mol. The highest BCUT2D eigenvalue weighted by molar-refractivity contribution is 6.05. The largest absolute Gasteiger partial charge is 0.340 e. The number of para-hydroxylation sites is 1. The van der Waals surface area contributed by atoms with Crippen molar-refractivity contribution in [3.05, 3.63) is 82.7 Å². The summed E-state index contributed by atoms with van der Waals surface area (Å²) in [5, 5.41) is 13.7. The Morgan fingerprint density at radius 1 is 1.08 bits per heavy atom. The summed E-state index contributed by atoms with van der Waals surface area (Å²) in [5.41, 5.74) is 2.63. The van der Waals surface area contributed by atoms with E-state index in [0.717, 1.165) is 11.1 Å². The van der Waals surface area contributed by atoms with E-state index in [1.54, 1.807) is 13.1 Å². The summed E-state index contributed by atoms with van der Waals surface area (Å²) in [7, 11) is 1.60. The first-order valence-electron chi connectivity index (χ1n) is 7.33. The molecule has 2 aromatic carbocycles. The van der Waals surface area contributed by atoms with Gasteiger partial charge in [-0.3, -0.25) is 14.9 Å². The van der Waals surface area contributed by atoms with E-state index in [-0.39, 0.29) is 11.4 Å². The van der Waals surface area contributed by atoms with Gasteiger partial charge in [0.05, 0.1) is 11.1 Å². The maximum Gasteiger partial charge on any atom is 0.287 e. The van der Waals surface area contributed by atoms with Crippen LogP contribution in [0.25, 0.3) is 11.1 Å². The lowest BCUT2D eigenvalue weighted by atomic mass is 10.0. The molecule has 0 aliphatic heterocycles. The second-order valence-corrected chi connectivity index (χ2v) is 5.32. The number of nitrogens with one attached hydrogen (secondary N) is 1. The van der Waals surface area contributed by atoms with Crippen LogP contribution in [0, 0.1) is 10.1 Å². The SMILES string of the molecule is Cn1cc([N+](=O)[O-])cc1C(=O)Nc1ccccc1-c1ccccc1. The molecule has 6 heteroatoms. The molecule has 0 atom stereocenters. The third-order valence-electron chi connectivity index (χ3n) is 3.69. The second-order valence-electron chi connectivity index (χ2n) is 5.32. The molecule has 0 saturated heterocycles. The second kappa shape index (κ2) is 6.37. The normalized spacial score (nSPS) is 10.4. The first-order valence-corrected chi connectivity index (χ1v) is 7.33. The molecule has 24 heavy (non-hydrogen) atoms. The van der Waals surface area contributed by atoms with Crippen molar-refractivity contribution in [2.75, 3.05) is 5.32 Å². The number of aromatic nitrogens is 1. The van der Waals surface area contributed by atoms with Gasteiger partial charge in [-0.25, -0.2) is 0 Å². The monoisotopic (exact) mass is 321 g/mol. The molecule has 0 spiro atoms. The number of hydrogen-bond acceptors (Lipinski definition) is 3. The lowest BCUT2D eigenvalue weighted by Gasteiger charge is -2.11. The van der Waals surface area contributed by atoms with Crippen LogP contribution in [0.15, 0.2) is 66.9 Å². The van der Waals surface area contributed by atoms with Crippen molar-refractivity contribution < 1.29 is 9.72 Å². The Hall–Kier alpha value is -3.41. The highest BCUT2D eigenvalue weighted by Gasteiger charge is 2.18. The van der Waals surface area contributed by atoms with Crippen LogP contribution < -0.4 is 5.32 Å². The summed E-state index contributed by atoms with van der Waals surface area (Å²) in [6.45, 7) is 0. The van der Waals surface area contributed by atoms with Crippen LogP contribution in [0.2, 0.25) is 0 Å². The van der Waals surface area contributed by atoms with Crippen LogP contribution in [-0.2, 0) is 7.05 Å². The fraction of sp³-hybridized carbons (Fsp3) is 0.0556. The molecule has 0 fully saturated rings. The van der Waals surface area contributed by atoms with Gasteiger partial charge in [0.1, 0.15) is 5.69 Å². The number of benzene rings is 2. The summed E-state index contributed by atoms with van der Waals surface area (Å²) < 4.78 is 1.44. The summed E-state index contributed by atoms with van der Waals surface area (Å²) in [6, 6.07) is 18.4. The first kappa shape index (κ1) is 15.5. The van der Waals surface area contributed by atoms with Crippen molar-refractivity contribution in [1.29, 1.82) is 0 Å². The molecule has 0 aliphatic rings. The number of rotatable bonds is 4. The number of hydrogen-bond donors (Lipinski definition) is 1. The zero-order valence-electron chi connectivity index (χ0n) is 13.0. The molecule has 0 bridgehead atoms. The Kier molecular flexibility index (Phi) is 4.11. The molecule has 3 aromatic rings. The molecule has 120 valence electrons. The van der Waals surface area contributed by atoms with E-state index >= 15 is 0 Å². The topological polar surface area (TPSA) is 77.2 Å². The molecule has 0 saturated carbocycles. The molecule has 3 rings (SSSR count). The van der Waals surface area contributed by atoms with Gasteiger partial charge >= 0.3 is 0 Å². The van der Waals surface area contributed by atoms with Crippen LogP contribution >= 0.6 is 0 Å². The lowest BCUT2D eigenvalue weighted by Crippen LogP contribution is -2.15. The predicted molar refractivity (Wildman–Crippen MR) is 91.9 cm³/mol. The molecule has 1 amide bonds. The molecule has 1 heterocycles. The van der Waals surface area contributed by atoms with E-state index in [4.69, 9.17) is 0 Å². The van der Waals surface area contributed by atoms with E-state index in [2.05, 4.69) is 5.32 Å². The van der Waals surface area contributed by atoms with Crippen LogP contribution in [-0.4, -0.2) is 15.4 Å². The fourth-order valence-corrected chi connectivity index (χ4v) is 2.52. The van der Waals surface area contributed by atoms with Gasteiger partial charge in [0.15, 0.2) is 0 Å². The van der Waals surface area contributed by atoms with Crippen molar-refractivity contribution in [3.8, 4) is 11.1 Å². The average Bonchev–Trinajstić information content (AvgIpc) is 2.98. The number of carbonyl (C=O) groups is 1. The van der Waals surface area contributed by atoms with Gasteiger partial charge in [-0.1, -0.05) is 48.5 Å². The minimum absolute atomic E-state index is 0.112. The molecular weight excluding hydrogens is 306 g/mol. The van der Waals surface area contributed by atoms with E-state index in [0.29, 0.717) is 5.69 Å². The number of nitrogens with zero attached hydrogens (tertiary/aromatic N) is 2. The summed E-state index contributed by atoms with van der Waals surface area (Å²) in [5.74, 6) is -0.394. The third kappa shape index (κ3) is 3.03. The van der Waals surface area contributed by atoms with Crippen molar-refractivity contribution in [1.82, 2.24) is 4.57 Å². The standard InChI is InChI=1S/C18H15N3O3/c1-20-12-14(21(23)24)11-17(20)18(22)19-16-10-6-5-9-15(16)13-7-3-2-4-8-13/h2-12H,1H3,(H,19,22). The Morgan fingerprint density at radius 2 is 1.75 bits per heavy atom. The maximum absolute atomic E-state index is 12.5. The van der Waals surface area contributed by atoms with Gasteiger partial charge in [0.25, 0.3) is 11.6 Å². The number of anilines is 1. The molecule has 0 radical (unpaired) electrons. The van der Waals surface area contributed by atoms with Gasteiger partial charge in [-0.15, -0.1) is 0 Å². The number of aryl methyl sites for hydroxylation is 1. The number of nitro groups is 1. The Bertz CT molecular complexity index is 901. The molecular formula is C18H15N3O3. The van der Waals surface area contributed by atoms with Gasteiger partial charge in [0.2, 0.25) is 0 Å². The summed E-state index contributed by atoms with van der Waals surface area (Å²) >= 11 is 0. The van der Waals surface area contributed by atoms with E-state index in [9.17, 15) is 14.9 Å². The first-order chi connectivity index (χ1) is 11.6.